The van der Waals surface area contributed by atoms with Gasteiger partial charge in [0.25, 0.3) is 11.7 Å². The molecule has 0 bridgehead atoms. The Hall–Kier alpha value is -3.77. The van der Waals surface area contributed by atoms with Crippen molar-refractivity contribution in [2.75, 3.05) is 18.6 Å². The molecule has 0 aromatic heterocycles. The van der Waals surface area contributed by atoms with E-state index >= 15 is 0 Å². The summed E-state index contributed by atoms with van der Waals surface area (Å²) in [5.41, 5.74) is 2.24. The Morgan fingerprint density at radius 1 is 1.06 bits per heavy atom. The average Bonchev–Trinajstić information content (AvgIpc) is 3.10. The number of aliphatic hydroxyl groups excluding tert-OH is 1. The molecule has 3 aromatic rings. The summed E-state index contributed by atoms with van der Waals surface area (Å²) in [4.78, 5) is 28.1. The van der Waals surface area contributed by atoms with Crippen LogP contribution in [0.1, 0.15) is 29.7 Å². The summed E-state index contributed by atoms with van der Waals surface area (Å²) in [6, 6.07) is 18.3. The van der Waals surface area contributed by atoms with Gasteiger partial charge < -0.3 is 14.6 Å². The van der Waals surface area contributed by atoms with Gasteiger partial charge in [0.1, 0.15) is 17.3 Å². The summed E-state index contributed by atoms with van der Waals surface area (Å²) in [6.07, 6.45) is 0. The van der Waals surface area contributed by atoms with Gasteiger partial charge in [0.15, 0.2) is 0 Å². The first kappa shape index (κ1) is 23.4. The molecule has 0 radical (unpaired) electrons. The smallest absolute Gasteiger partial charge is 0.300 e. The molecule has 6 nitrogen and oxygen atoms in total. The zero-order valence-corrected chi connectivity index (χ0v) is 19.8. The van der Waals surface area contributed by atoms with Crippen molar-refractivity contribution in [3.05, 3.63) is 94.0 Å². The summed E-state index contributed by atoms with van der Waals surface area (Å²) in [5.74, 6) is -0.880. The van der Waals surface area contributed by atoms with Gasteiger partial charge in [0.05, 0.1) is 30.9 Å². The molecule has 4 rings (SSSR count). The fraction of sp³-hybridized carbons (Fsp3) is 0.185. The Labute approximate surface area is 203 Å². The molecule has 1 fully saturated rings. The minimum Gasteiger partial charge on any atom is -0.507 e. The number of ether oxygens (including phenoxy) is 2. The van der Waals surface area contributed by atoms with E-state index in [4.69, 9.17) is 21.1 Å². The molecule has 174 valence electrons. The molecule has 0 spiro atoms. The van der Waals surface area contributed by atoms with Crippen molar-refractivity contribution in [1.82, 2.24) is 0 Å². The van der Waals surface area contributed by atoms with Gasteiger partial charge in [-0.2, -0.15) is 0 Å². The Bertz CT molecular complexity index is 1280. The molecule has 1 saturated heterocycles. The first-order valence-electron chi connectivity index (χ1n) is 10.8. The normalized spacial score (nSPS) is 17.2. The highest BCUT2D eigenvalue weighted by atomic mass is 35.5. The lowest BCUT2D eigenvalue weighted by Crippen LogP contribution is -2.30. The molecule has 1 N–H and O–H groups in total. The number of aliphatic hydroxyl groups is 1. The van der Waals surface area contributed by atoms with Crippen LogP contribution < -0.4 is 14.4 Å². The number of Topliss-reactive ketones (excluding diaryl/α,β-unsaturated/α-hetero) is 1. The van der Waals surface area contributed by atoms with E-state index < -0.39 is 17.7 Å². The third kappa shape index (κ3) is 4.13. The summed E-state index contributed by atoms with van der Waals surface area (Å²) in [6.45, 7) is 4.26. The van der Waals surface area contributed by atoms with Crippen molar-refractivity contribution in [1.29, 1.82) is 0 Å². The summed E-state index contributed by atoms with van der Waals surface area (Å²) < 4.78 is 10.9. The maximum Gasteiger partial charge on any atom is 0.300 e. The molecular weight excluding hydrogens is 454 g/mol. The molecule has 1 aliphatic rings. The lowest BCUT2D eigenvalue weighted by molar-refractivity contribution is -0.132. The van der Waals surface area contributed by atoms with Gasteiger partial charge in [0, 0.05) is 10.7 Å². The number of nitrogens with zero attached hydrogens (tertiary/aromatic N) is 1. The number of hydrogen-bond acceptors (Lipinski definition) is 5. The van der Waals surface area contributed by atoms with E-state index in [9.17, 15) is 14.7 Å². The Morgan fingerprint density at radius 3 is 2.41 bits per heavy atom. The summed E-state index contributed by atoms with van der Waals surface area (Å²) >= 11 is 6.17. The van der Waals surface area contributed by atoms with Crippen LogP contribution in [0.3, 0.4) is 0 Å². The Kier molecular flexibility index (Phi) is 6.61. The van der Waals surface area contributed by atoms with Crippen molar-refractivity contribution in [3.8, 4) is 11.5 Å². The number of carbonyl (C=O) groups is 2. The lowest BCUT2D eigenvalue weighted by Gasteiger charge is -2.27. The van der Waals surface area contributed by atoms with Gasteiger partial charge in [-0.05, 0) is 61.4 Å². The highest BCUT2D eigenvalue weighted by Crippen LogP contribution is 2.44. The SMILES string of the molecule is CCOc1ccc(C2/C(=C(\O)c3cc(Cl)ccc3OC)C(=O)C(=O)N2c2ccccc2C)cc1. The topological polar surface area (TPSA) is 76.1 Å². The maximum absolute atomic E-state index is 13.3. The number of hydrogen-bond donors (Lipinski definition) is 1. The molecule has 1 unspecified atom stereocenters. The van der Waals surface area contributed by atoms with Gasteiger partial charge >= 0.3 is 0 Å². The number of aryl methyl sites for hydroxylation is 1. The second-order valence-electron chi connectivity index (χ2n) is 7.80. The molecule has 1 heterocycles. The van der Waals surface area contributed by atoms with Crippen molar-refractivity contribution in [2.45, 2.75) is 19.9 Å². The molecule has 3 aromatic carbocycles. The molecule has 0 saturated carbocycles. The molecule has 1 amide bonds. The second kappa shape index (κ2) is 9.61. The number of amides is 1. The highest BCUT2D eigenvalue weighted by molar-refractivity contribution is 6.51. The van der Waals surface area contributed by atoms with Crippen LogP contribution in [-0.2, 0) is 9.59 Å². The van der Waals surface area contributed by atoms with Crippen LogP contribution in [0.2, 0.25) is 5.02 Å². The molecule has 7 heteroatoms. The van der Waals surface area contributed by atoms with Crippen LogP contribution in [0.4, 0.5) is 5.69 Å². The summed E-state index contributed by atoms with van der Waals surface area (Å²) in [7, 11) is 1.45. The predicted octanol–water partition coefficient (Wildman–Crippen LogP) is 5.68. The largest absolute Gasteiger partial charge is 0.507 e. The third-order valence-electron chi connectivity index (χ3n) is 5.74. The number of halogens is 1. The number of carbonyl (C=O) groups excluding carboxylic acids is 2. The zero-order valence-electron chi connectivity index (χ0n) is 19.0. The van der Waals surface area contributed by atoms with Crippen molar-refractivity contribution in [2.24, 2.45) is 0 Å². The lowest BCUT2D eigenvalue weighted by atomic mass is 9.94. The van der Waals surface area contributed by atoms with E-state index in [-0.39, 0.29) is 16.9 Å². The minimum absolute atomic E-state index is 0.0435. The number of anilines is 1. The van der Waals surface area contributed by atoms with Crippen LogP contribution >= 0.6 is 11.6 Å². The third-order valence-corrected chi connectivity index (χ3v) is 5.98. The quantitative estimate of drug-likeness (QED) is 0.281. The molecule has 0 aliphatic carbocycles. The molecule has 1 atom stereocenters. The Morgan fingerprint density at radius 2 is 1.76 bits per heavy atom. The van der Waals surface area contributed by atoms with E-state index in [2.05, 4.69) is 0 Å². The molecular formula is C27H24ClNO5. The monoisotopic (exact) mass is 477 g/mol. The fourth-order valence-corrected chi connectivity index (χ4v) is 4.33. The van der Waals surface area contributed by atoms with Gasteiger partial charge in [-0.1, -0.05) is 41.9 Å². The summed E-state index contributed by atoms with van der Waals surface area (Å²) in [5, 5.41) is 11.7. The van der Waals surface area contributed by atoms with Crippen molar-refractivity contribution >= 4 is 34.7 Å². The first-order valence-corrected chi connectivity index (χ1v) is 11.2. The van der Waals surface area contributed by atoms with Crippen LogP contribution in [0, 0.1) is 6.92 Å². The van der Waals surface area contributed by atoms with E-state index in [0.717, 1.165) is 5.56 Å². The van der Waals surface area contributed by atoms with Crippen LogP contribution in [0.15, 0.2) is 72.3 Å². The van der Waals surface area contributed by atoms with E-state index in [0.29, 0.717) is 34.4 Å². The number of ketones is 1. The first-order chi connectivity index (χ1) is 16.4. The minimum atomic E-state index is -0.861. The fourth-order valence-electron chi connectivity index (χ4n) is 4.15. The van der Waals surface area contributed by atoms with E-state index in [1.165, 1.54) is 18.1 Å². The Balaban J connectivity index is 1.97. The van der Waals surface area contributed by atoms with Gasteiger partial charge in [0.2, 0.25) is 0 Å². The molecule has 34 heavy (non-hydrogen) atoms. The maximum atomic E-state index is 13.3. The number of para-hydroxylation sites is 1. The van der Waals surface area contributed by atoms with Crippen LogP contribution in [0.25, 0.3) is 5.76 Å². The number of benzene rings is 3. The highest BCUT2D eigenvalue weighted by Gasteiger charge is 2.47. The average molecular weight is 478 g/mol. The van der Waals surface area contributed by atoms with Crippen molar-refractivity contribution < 1.29 is 24.2 Å². The van der Waals surface area contributed by atoms with Gasteiger partial charge in [-0.3, -0.25) is 14.5 Å². The van der Waals surface area contributed by atoms with Crippen molar-refractivity contribution in [3.63, 3.8) is 0 Å². The molecule has 1 aliphatic heterocycles. The zero-order chi connectivity index (χ0) is 24.4. The predicted molar refractivity (Wildman–Crippen MR) is 132 cm³/mol. The number of rotatable bonds is 6. The van der Waals surface area contributed by atoms with Gasteiger partial charge in [-0.15, -0.1) is 0 Å². The second-order valence-corrected chi connectivity index (χ2v) is 8.24. The van der Waals surface area contributed by atoms with E-state index in [1.54, 1.807) is 48.5 Å². The van der Waals surface area contributed by atoms with Gasteiger partial charge in [-0.25, -0.2) is 0 Å². The standard InChI is InChI=1S/C27H24ClNO5/c1-4-34-19-12-9-17(10-13-19)24-23(25(30)20-15-18(28)11-14-22(20)33-3)26(31)27(32)29(24)21-8-6-5-7-16(21)2/h5-15,24,30H,4H2,1-3H3/b25-23+. The van der Waals surface area contributed by atoms with Crippen LogP contribution in [-0.4, -0.2) is 30.5 Å². The van der Waals surface area contributed by atoms with Crippen LogP contribution in [0.5, 0.6) is 11.5 Å². The van der Waals surface area contributed by atoms with E-state index in [1.807, 2.05) is 26.0 Å². The number of methoxy groups -OCH3 is 1.